The number of hydrogen-bond acceptors (Lipinski definition) is 2. The molecule has 0 bridgehead atoms. The quantitative estimate of drug-likeness (QED) is 0.871. The van der Waals surface area contributed by atoms with Gasteiger partial charge in [0.25, 0.3) is 0 Å². The SMILES string of the molecule is Cc1ccc(C)c(N(C)CC(C)(C)CC(=O)O)c1. The molecule has 3 heteroatoms. The number of carboxylic acids is 1. The summed E-state index contributed by atoms with van der Waals surface area (Å²) >= 11 is 0. The third-order valence-electron chi connectivity index (χ3n) is 3.07. The molecule has 1 N–H and O–H groups in total. The highest BCUT2D eigenvalue weighted by Gasteiger charge is 2.24. The molecule has 3 nitrogen and oxygen atoms in total. The summed E-state index contributed by atoms with van der Waals surface area (Å²) in [4.78, 5) is 13.0. The lowest BCUT2D eigenvalue weighted by atomic mass is 9.88. The third-order valence-corrected chi connectivity index (χ3v) is 3.07. The zero-order chi connectivity index (χ0) is 13.9. The highest BCUT2D eigenvalue weighted by atomic mass is 16.4. The zero-order valence-corrected chi connectivity index (χ0v) is 11.9. The maximum atomic E-state index is 10.8. The fourth-order valence-electron chi connectivity index (χ4n) is 2.32. The Kier molecular flexibility index (Phi) is 4.38. The molecule has 0 heterocycles. The molecule has 0 aliphatic heterocycles. The zero-order valence-electron chi connectivity index (χ0n) is 11.9. The minimum atomic E-state index is -0.741. The number of aliphatic carboxylic acids is 1. The summed E-state index contributed by atoms with van der Waals surface area (Å²) in [6.07, 6.45) is 0.183. The van der Waals surface area contributed by atoms with Gasteiger partial charge in [-0.1, -0.05) is 26.0 Å². The largest absolute Gasteiger partial charge is 0.481 e. The Hall–Kier alpha value is -1.51. The van der Waals surface area contributed by atoms with Crippen LogP contribution < -0.4 is 4.90 Å². The highest BCUT2D eigenvalue weighted by molar-refractivity contribution is 5.67. The molecule has 0 atom stereocenters. The number of nitrogens with zero attached hydrogens (tertiary/aromatic N) is 1. The van der Waals surface area contributed by atoms with Crippen molar-refractivity contribution in [1.29, 1.82) is 0 Å². The molecule has 0 aliphatic rings. The van der Waals surface area contributed by atoms with Crippen LogP contribution in [0.3, 0.4) is 0 Å². The second-order valence-electron chi connectivity index (χ2n) is 5.88. The second-order valence-corrected chi connectivity index (χ2v) is 5.88. The van der Waals surface area contributed by atoms with E-state index in [-0.39, 0.29) is 11.8 Å². The molecule has 0 unspecified atom stereocenters. The van der Waals surface area contributed by atoms with Crippen LogP contribution in [0.2, 0.25) is 0 Å². The van der Waals surface area contributed by atoms with Crippen molar-refractivity contribution in [1.82, 2.24) is 0 Å². The van der Waals surface area contributed by atoms with Crippen LogP contribution >= 0.6 is 0 Å². The summed E-state index contributed by atoms with van der Waals surface area (Å²) in [5.74, 6) is -0.741. The van der Waals surface area contributed by atoms with Crippen molar-refractivity contribution in [3.8, 4) is 0 Å². The molecule has 0 fully saturated rings. The first-order valence-corrected chi connectivity index (χ1v) is 6.21. The summed E-state index contributed by atoms with van der Waals surface area (Å²) in [7, 11) is 2.02. The van der Waals surface area contributed by atoms with E-state index in [0.29, 0.717) is 0 Å². The van der Waals surface area contributed by atoms with Crippen molar-refractivity contribution in [3.05, 3.63) is 29.3 Å². The molecule has 18 heavy (non-hydrogen) atoms. The van der Waals surface area contributed by atoms with Gasteiger partial charge in [0.05, 0.1) is 6.42 Å². The third kappa shape index (κ3) is 4.06. The second kappa shape index (κ2) is 5.42. The van der Waals surface area contributed by atoms with Gasteiger partial charge in [0.1, 0.15) is 0 Å². The Morgan fingerprint density at radius 1 is 1.33 bits per heavy atom. The number of carboxylic acid groups (broad SMARTS) is 1. The van der Waals surface area contributed by atoms with Crippen molar-refractivity contribution >= 4 is 11.7 Å². The maximum Gasteiger partial charge on any atom is 0.303 e. The Morgan fingerprint density at radius 2 is 1.94 bits per heavy atom. The van der Waals surface area contributed by atoms with Gasteiger partial charge in [0.15, 0.2) is 0 Å². The van der Waals surface area contributed by atoms with Crippen LogP contribution in [0, 0.1) is 19.3 Å². The van der Waals surface area contributed by atoms with Gasteiger partial charge in [-0.3, -0.25) is 4.79 Å². The standard InChI is InChI=1S/C15H23NO2/c1-11-6-7-12(2)13(8-11)16(5)10-15(3,4)9-14(17)18/h6-8H,9-10H2,1-5H3,(H,17,18). The van der Waals surface area contributed by atoms with E-state index < -0.39 is 5.97 Å². The van der Waals surface area contributed by atoms with Crippen molar-refractivity contribution < 1.29 is 9.90 Å². The summed E-state index contributed by atoms with van der Waals surface area (Å²) in [5, 5.41) is 8.91. The Bertz CT molecular complexity index is 438. The molecule has 0 amide bonds. The van der Waals surface area contributed by atoms with Gasteiger partial charge in [-0.25, -0.2) is 0 Å². The number of carbonyl (C=O) groups is 1. The van der Waals surface area contributed by atoms with Gasteiger partial charge in [-0.2, -0.15) is 0 Å². The molecular formula is C15H23NO2. The topological polar surface area (TPSA) is 40.5 Å². The van der Waals surface area contributed by atoms with Gasteiger partial charge in [0.2, 0.25) is 0 Å². The van der Waals surface area contributed by atoms with E-state index >= 15 is 0 Å². The van der Waals surface area contributed by atoms with E-state index in [1.54, 1.807) is 0 Å². The van der Waals surface area contributed by atoms with Crippen molar-refractivity contribution in [2.24, 2.45) is 5.41 Å². The van der Waals surface area contributed by atoms with Crippen LogP contribution in [0.1, 0.15) is 31.4 Å². The van der Waals surface area contributed by atoms with Gasteiger partial charge in [0, 0.05) is 19.3 Å². The lowest BCUT2D eigenvalue weighted by molar-refractivity contribution is -0.139. The lowest BCUT2D eigenvalue weighted by Crippen LogP contribution is -2.33. The molecule has 1 aromatic rings. The smallest absolute Gasteiger partial charge is 0.303 e. The lowest BCUT2D eigenvalue weighted by Gasteiger charge is -2.31. The van der Waals surface area contributed by atoms with Gasteiger partial charge in [-0.05, 0) is 36.5 Å². The number of rotatable bonds is 5. The number of benzene rings is 1. The number of anilines is 1. The van der Waals surface area contributed by atoms with Crippen molar-refractivity contribution in [3.63, 3.8) is 0 Å². The molecule has 0 aromatic heterocycles. The summed E-state index contributed by atoms with van der Waals surface area (Å²) < 4.78 is 0. The normalized spacial score (nSPS) is 11.4. The fourth-order valence-corrected chi connectivity index (χ4v) is 2.32. The fraction of sp³-hybridized carbons (Fsp3) is 0.533. The number of aryl methyl sites for hydroxylation is 2. The summed E-state index contributed by atoms with van der Waals surface area (Å²) in [6, 6.07) is 6.34. The number of hydrogen-bond donors (Lipinski definition) is 1. The first-order chi connectivity index (χ1) is 8.21. The molecule has 0 spiro atoms. The first-order valence-electron chi connectivity index (χ1n) is 6.21. The molecule has 1 aromatic carbocycles. The molecule has 0 saturated carbocycles. The minimum absolute atomic E-state index is 0.183. The van der Waals surface area contributed by atoms with E-state index in [9.17, 15) is 4.79 Å². The first kappa shape index (κ1) is 14.6. The molecule has 0 radical (unpaired) electrons. The van der Waals surface area contributed by atoms with Gasteiger partial charge >= 0.3 is 5.97 Å². The van der Waals surface area contributed by atoms with E-state index in [0.717, 1.165) is 6.54 Å². The van der Waals surface area contributed by atoms with Crippen LogP contribution in [0.15, 0.2) is 18.2 Å². The van der Waals surface area contributed by atoms with Crippen LogP contribution in [0.5, 0.6) is 0 Å². The molecule has 1 rings (SSSR count). The Morgan fingerprint density at radius 3 is 2.50 bits per heavy atom. The monoisotopic (exact) mass is 249 g/mol. The van der Waals surface area contributed by atoms with Crippen molar-refractivity contribution in [2.75, 3.05) is 18.5 Å². The van der Waals surface area contributed by atoms with Gasteiger partial charge < -0.3 is 10.0 Å². The Labute approximate surface area is 109 Å². The van der Waals surface area contributed by atoms with E-state index in [4.69, 9.17) is 5.11 Å². The summed E-state index contributed by atoms with van der Waals surface area (Å²) in [6.45, 7) is 8.85. The average Bonchev–Trinajstić information content (AvgIpc) is 2.18. The van der Waals surface area contributed by atoms with E-state index in [2.05, 4.69) is 36.9 Å². The Balaban J connectivity index is 2.84. The van der Waals surface area contributed by atoms with Crippen molar-refractivity contribution in [2.45, 2.75) is 34.1 Å². The van der Waals surface area contributed by atoms with Gasteiger partial charge in [-0.15, -0.1) is 0 Å². The predicted octanol–water partition coefficient (Wildman–Crippen LogP) is 3.24. The van der Waals surface area contributed by atoms with Crippen LogP contribution in [-0.4, -0.2) is 24.7 Å². The molecule has 100 valence electrons. The maximum absolute atomic E-state index is 10.8. The highest BCUT2D eigenvalue weighted by Crippen LogP contribution is 2.27. The van der Waals surface area contributed by atoms with E-state index in [1.807, 2.05) is 20.9 Å². The van der Waals surface area contributed by atoms with Crippen LogP contribution in [-0.2, 0) is 4.79 Å². The average molecular weight is 249 g/mol. The molecule has 0 saturated heterocycles. The minimum Gasteiger partial charge on any atom is -0.481 e. The van der Waals surface area contributed by atoms with Crippen LogP contribution in [0.4, 0.5) is 5.69 Å². The summed E-state index contributed by atoms with van der Waals surface area (Å²) in [5.41, 5.74) is 3.37. The predicted molar refractivity (Wildman–Crippen MR) is 75.2 cm³/mol. The molecular weight excluding hydrogens is 226 g/mol. The van der Waals surface area contributed by atoms with E-state index in [1.165, 1.54) is 16.8 Å². The van der Waals surface area contributed by atoms with Crippen LogP contribution in [0.25, 0.3) is 0 Å². The molecule has 0 aliphatic carbocycles.